The molecule has 4 heteroatoms. The zero-order valence-electron chi connectivity index (χ0n) is 10.1. The van der Waals surface area contributed by atoms with E-state index in [1.54, 1.807) is 0 Å². The van der Waals surface area contributed by atoms with Crippen molar-refractivity contribution in [3.05, 3.63) is 51.8 Å². The summed E-state index contributed by atoms with van der Waals surface area (Å²) in [4.78, 5) is 0. The number of rotatable bonds is 1. The summed E-state index contributed by atoms with van der Waals surface area (Å²) in [7, 11) is 0. The second kappa shape index (κ2) is 4.60. The highest BCUT2D eigenvalue weighted by Gasteiger charge is 2.30. The largest absolute Gasteiger partial charge is 0.282 e. The molecule has 1 aromatic carbocycles. The standard InChI is InChI=1S/C14H14Cl2N2/c1-8-14-12(16)6-10(7-13(14)18-17-8)9-2-4-11(15)5-3-9/h2-5,10,12H,6-7H2,1H3,(H,17,18). The molecule has 0 saturated carbocycles. The summed E-state index contributed by atoms with van der Waals surface area (Å²) in [5.41, 5.74) is 4.69. The van der Waals surface area contributed by atoms with E-state index in [1.165, 1.54) is 11.1 Å². The highest BCUT2D eigenvalue weighted by atomic mass is 35.5. The Bertz CT molecular complexity index is 560. The summed E-state index contributed by atoms with van der Waals surface area (Å²) in [5.74, 6) is 0.431. The fraction of sp³-hybridized carbons (Fsp3) is 0.357. The van der Waals surface area contributed by atoms with E-state index in [0.717, 1.165) is 29.3 Å². The average molecular weight is 281 g/mol. The molecule has 1 heterocycles. The Morgan fingerprint density at radius 3 is 2.72 bits per heavy atom. The molecule has 3 rings (SSSR count). The molecule has 94 valence electrons. The zero-order chi connectivity index (χ0) is 12.7. The number of hydrogen-bond donors (Lipinski definition) is 1. The van der Waals surface area contributed by atoms with Crippen LogP contribution in [0.15, 0.2) is 24.3 Å². The number of H-pyrrole nitrogens is 1. The molecule has 0 bridgehead atoms. The first kappa shape index (κ1) is 12.1. The zero-order valence-corrected chi connectivity index (χ0v) is 11.6. The molecule has 0 aliphatic heterocycles. The van der Waals surface area contributed by atoms with E-state index >= 15 is 0 Å². The van der Waals surface area contributed by atoms with Gasteiger partial charge in [0.2, 0.25) is 0 Å². The van der Waals surface area contributed by atoms with Gasteiger partial charge >= 0.3 is 0 Å². The summed E-state index contributed by atoms with van der Waals surface area (Å²) < 4.78 is 0. The van der Waals surface area contributed by atoms with Crippen molar-refractivity contribution in [3.63, 3.8) is 0 Å². The van der Waals surface area contributed by atoms with Crippen molar-refractivity contribution in [1.82, 2.24) is 10.2 Å². The van der Waals surface area contributed by atoms with Crippen LogP contribution in [-0.2, 0) is 6.42 Å². The molecule has 2 atom stereocenters. The van der Waals surface area contributed by atoms with Crippen molar-refractivity contribution < 1.29 is 0 Å². The Kier molecular flexibility index (Phi) is 3.08. The molecular formula is C14H14Cl2N2. The smallest absolute Gasteiger partial charge is 0.0677 e. The van der Waals surface area contributed by atoms with Gasteiger partial charge in [-0.1, -0.05) is 23.7 Å². The minimum absolute atomic E-state index is 0.0492. The molecule has 0 radical (unpaired) electrons. The molecule has 1 N–H and O–H groups in total. The molecule has 1 aromatic heterocycles. The second-order valence-electron chi connectivity index (χ2n) is 4.86. The quantitative estimate of drug-likeness (QED) is 0.772. The Labute approximate surface area is 116 Å². The molecule has 2 nitrogen and oxygen atoms in total. The van der Waals surface area contributed by atoms with Crippen molar-refractivity contribution in [1.29, 1.82) is 0 Å². The van der Waals surface area contributed by atoms with Gasteiger partial charge in [-0.2, -0.15) is 5.10 Å². The number of fused-ring (bicyclic) bond motifs is 1. The molecule has 18 heavy (non-hydrogen) atoms. The fourth-order valence-corrected chi connectivity index (χ4v) is 3.36. The van der Waals surface area contributed by atoms with Gasteiger partial charge in [-0.15, -0.1) is 11.6 Å². The minimum Gasteiger partial charge on any atom is -0.282 e. The lowest BCUT2D eigenvalue weighted by Gasteiger charge is -2.25. The number of nitrogens with zero attached hydrogens (tertiary/aromatic N) is 1. The summed E-state index contributed by atoms with van der Waals surface area (Å²) in [6.07, 6.45) is 1.90. The van der Waals surface area contributed by atoms with Gasteiger partial charge < -0.3 is 0 Å². The number of hydrogen-bond acceptors (Lipinski definition) is 1. The van der Waals surface area contributed by atoms with E-state index < -0.39 is 0 Å². The van der Waals surface area contributed by atoms with Crippen molar-refractivity contribution in [2.75, 3.05) is 0 Å². The summed E-state index contributed by atoms with van der Waals surface area (Å²) in [5, 5.41) is 8.22. The van der Waals surface area contributed by atoms with Crippen LogP contribution in [0.2, 0.25) is 5.02 Å². The third-order valence-corrected chi connectivity index (χ3v) is 4.31. The minimum atomic E-state index is 0.0492. The third kappa shape index (κ3) is 2.04. The normalized spacial score (nSPS) is 22.8. The predicted molar refractivity (Wildman–Crippen MR) is 74.4 cm³/mol. The van der Waals surface area contributed by atoms with Crippen molar-refractivity contribution >= 4 is 23.2 Å². The van der Waals surface area contributed by atoms with Crippen LogP contribution in [0.4, 0.5) is 0 Å². The van der Waals surface area contributed by atoms with Gasteiger partial charge in [0.05, 0.1) is 11.1 Å². The molecular weight excluding hydrogens is 267 g/mol. The molecule has 0 saturated heterocycles. The van der Waals surface area contributed by atoms with E-state index in [9.17, 15) is 0 Å². The van der Waals surface area contributed by atoms with Crippen molar-refractivity contribution in [3.8, 4) is 0 Å². The average Bonchev–Trinajstić information content (AvgIpc) is 2.72. The molecule has 0 fully saturated rings. The number of aromatic amines is 1. The number of aromatic nitrogens is 2. The lowest BCUT2D eigenvalue weighted by atomic mass is 9.82. The van der Waals surface area contributed by atoms with E-state index in [2.05, 4.69) is 22.3 Å². The lowest BCUT2D eigenvalue weighted by molar-refractivity contribution is 0.564. The Balaban J connectivity index is 1.92. The third-order valence-electron chi connectivity index (χ3n) is 3.66. The highest BCUT2D eigenvalue weighted by Crippen LogP contribution is 2.42. The van der Waals surface area contributed by atoms with Crippen LogP contribution >= 0.6 is 23.2 Å². The van der Waals surface area contributed by atoms with Crippen LogP contribution in [0.1, 0.15) is 40.2 Å². The molecule has 0 spiro atoms. The first-order chi connectivity index (χ1) is 8.65. The highest BCUT2D eigenvalue weighted by molar-refractivity contribution is 6.30. The van der Waals surface area contributed by atoms with Crippen LogP contribution in [0.3, 0.4) is 0 Å². The summed E-state index contributed by atoms with van der Waals surface area (Å²) in [6, 6.07) is 8.04. The maximum absolute atomic E-state index is 6.48. The van der Waals surface area contributed by atoms with Gasteiger partial charge in [0.1, 0.15) is 0 Å². The van der Waals surface area contributed by atoms with Crippen LogP contribution in [0.5, 0.6) is 0 Å². The van der Waals surface area contributed by atoms with Gasteiger partial charge in [0.25, 0.3) is 0 Å². The van der Waals surface area contributed by atoms with Crippen LogP contribution in [-0.4, -0.2) is 10.2 Å². The fourth-order valence-electron chi connectivity index (χ4n) is 2.73. The predicted octanol–water partition coefficient (Wildman–Crippen LogP) is 4.38. The van der Waals surface area contributed by atoms with Gasteiger partial charge in [-0.05, 0) is 43.4 Å². The van der Waals surface area contributed by atoms with Gasteiger partial charge in [0, 0.05) is 16.3 Å². The number of halogens is 2. The number of benzene rings is 1. The molecule has 2 unspecified atom stereocenters. The number of aryl methyl sites for hydroxylation is 1. The van der Waals surface area contributed by atoms with Gasteiger partial charge in [-0.3, -0.25) is 5.10 Å². The van der Waals surface area contributed by atoms with E-state index in [1.807, 2.05) is 19.1 Å². The van der Waals surface area contributed by atoms with E-state index in [4.69, 9.17) is 23.2 Å². The molecule has 1 aliphatic rings. The van der Waals surface area contributed by atoms with Crippen LogP contribution in [0, 0.1) is 6.92 Å². The summed E-state index contributed by atoms with van der Waals surface area (Å²) >= 11 is 12.4. The SMILES string of the molecule is Cc1[nH]nc2c1C(Cl)CC(c1ccc(Cl)cc1)C2. The monoisotopic (exact) mass is 280 g/mol. The van der Waals surface area contributed by atoms with Crippen molar-refractivity contribution in [2.24, 2.45) is 0 Å². The van der Waals surface area contributed by atoms with Gasteiger partial charge in [0.15, 0.2) is 0 Å². The second-order valence-corrected chi connectivity index (χ2v) is 5.83. The molecule has 0 amide bonds. The topological polar surface area (TPSA) is 28.7 Å². The Hall–Kier alpha value is -0.990. The summed E-state index contributed by atoms with van der Waals surface area (Å²) in [6.45, 7) is 2.03. The molecule has 2 aromatic rings. The molecule has 1 aliphatic carbocycles. The Morgan fingerprint density at radius 2 is 2.00 bits per heavy atom. The number of alkyl halides is 1. The maximum atomic E-state index is 6.48. The first-order valence-electron chi connectivity index (χ1n) is 6.08. The Morgan fingerprint density at radius 1 is 1.28 bits per heavy atom. The van der Waals surface area contributed by atoms with E-state index in [-0.39, 0.29) is 5.38 Å². The lowest BCUT2D eigenvalue weighted by Crippen LogP contribution is -2.14. The van der Waals surface area contributed by atoms with Crippen LogP contribution < -0.4 is 0 Å². The first-order valence-corrected chi connectivity index (χ1v) is 6.90. The number of nitrogens with one attached hydrogen (secondary N) is 1. The van der Waals surface area contributed by atoms with Crippen molar-refractivity contribution in [2.45, 2.75) is 31.1 Å². The maximum Gasteiger partial charge on any atom is 0.0677 e. The van der Waals surface area contributed by atoms with Crippen LogP contribution in [0.25, 0.3) is 0 Å². The van der Waals surface area contributed by atoms with E-state index in [0.29, 0.717) is 5.92 Å². The van der Waals surface area contributed by atoms with Gasteiger partial charge in [-0.25, -0.2) is 0 Å².